The third kappa shape index (κ3) is 4.68. The first-order valence-electron chi connectivity index (χ1n) is 3.08. The van der Waals surface area contributed by atoms with E-state index in [1.54, 1.807) is 0 Å². The van der Waals surface area contributed by atoms with Crippen molar-refractivity contribution in [2.75, 3.05) is 13.7 Å². The Bertz CT molecular complexity index is 247. The van der Waals surface area contributed by atoms with Crippen LogP contribution < -0.4 is 0 Å². The summed E-state index contributed by atoms with van der Waals surface area (Å²) in [5, 5.41) is 11.1. The van der Waals surface area contributed by atoms with Gasteiger partial charge in [-0.1, -0.05) is 5.16 Å². The number of hydrogen-bond donors (Lipinski definition) is 0. The molecule has 0 amide bonds. The lowest BCUT2D eigenvalue weighted by atomic mass is 10.4. The van der Waals surface area contributed by atoms with E-state index in [4.69, 9.17) is 5.26 Å². The van der Waals surface area contributed by atoms with Crippen molar-refractivity contribution in [1.82, 2.24) is 0 Å². The van der Waals surface area contributed by atoms with Crippen LogP contribution in [0.2, 0.25) is 0 Å². The average Bonchev–Trinajstić information content (AvgIpc) is 2.11. The first-order valence-corrected chi connectivity index (χ1v) is 3.08. The predicted octanol–water partition coefficient (Wildman–Crippen LogP) is 0.321. The standard InChI is InChI=1S/C6H6F2N2O3/c1-12-6(11)4(2-9)10-13-3-5(7)8/h5H,3H2,1H3/b10-4-. The molecule has 0 aromatic heterocycles. The summed E-state index contributed by atoms with van der Waals surface area (Å²) in [6.07, 6.45) is -2.71. The molecule has 0 aliphatic heterocycles. The van der Waals surface area contributed by atoms with Crippen LogP contribution in [0.25, 0.3) is 0 Å². The van der Waals surface area contributed by atoms with Crippen molar-refractivity contribution in [3.05, 3.63) is 0 Å². The van der Waals surface area contributed by atoms with E-state index >= 15 is 0 Å². The predicted molar refractivity (Wildman–Crippen MR) is 37.0 cm³/mol. The first-order chi connectivity index (χ1) is 6.11. The molecule has 72 valence electrons. The molecule has 0 spiro atoms. The second-order valence-corrected chi connectivity index (χ2v) is 1.73. The van der Waals surface area contributed by atoms with Gasteiger partial charge in [0.05, 0.1) is 7.11 Å². The van der Waals surface area contributed by atoms with Crippen molar-refractivity contribution < 1.29 is 23.1 Å². The quantitative estimate of drug-likeness (QED) is 0.365. The molecule has 0 saturated heterocycles. The van der Waals surface area contributed by atoms with Gasteiger partial charge in [0.15, 0.2) is 6.61 Å². The number of rotatable bonds is 4. The van der Waals surface area contributed by atoms with Gasteiger partial charge >= 0.3 is 5.97 Å². The molecule has 0 bridgehead atoms. The molecular formula is C6H6F2N2O3. The number of oxime groups is 1. The van der Waals surface area contributed by atoms with Crippen LogP contribution in [-0.2, 0) is 14.4 Å². The van der Waals surface area contributed by atoms with Crippen LogP contribution in [0.5, 0.6) is 0 Å². The average molecular weight is 192 g/mol. The van der Waals surface area contributed by atoms with Crippen LogP contribution in [-0.4, -0.2) is 31.8 Å². The van der Waals surface area contributed by atoms with Crippen LogP contribution in [0.4, 0.5) is 8.78 Å². The maximum atomic E-state index is 11.5. The summed E-state index contributed by atoms with van der Waals surface area (Å²) < 4.78 is 27.1. The fourth-order valence-corrected chi connectivity index (χ4v) is 0.358. The second-order valence-electron chi connectivity index (χ2n) is 1.73. The molecule has 0 atom stereocenters. The Hall–Kier alpha value is -1.71. The molecule has 0 unspecified atom stereocenters. The van der Waals surface area contributed by atoms with Gasteiger partial charge in [-0.2, -0.15) is 5.26 Å². The molecule has 0 saturated carbocycles. The summed E-state index contributed by atoms with van der Waals surface area (Å²) in [7, 11) is 1.03. The lowest BCUT2D eigenvalue weighted by molar-refractivity contribution is -0.132. The molecule has 5 nitrogen and oxygen atoms in total. The smallest absolute Gasteiger partial charge is 0.371 e. The third-order valence-corrected chi connectivity index (χ3v) is 0.841. The van der Waals surface area contributed by atoms with Gasteiger partial charge in [-0.25, -0.2) is 13.6 Å². The second kappa shape index (κ2) is 5.88. The number of carbonyl (C=O) groups is 1. The summed E-state index contributed by atoms with van der Waals surface area (Å²) in [6.45, 7) is -0.970. The maximum Gasteiger partial charge on any atom is 0.371 e. The van der Waals surface area contributed by atoms with Crippen LogP contribution in [0.1, 0.15) is 0 Å². The van der Waals surface area contributed by atoms with Crippen molar-refractivity contribution in [1.29, 1.82) is 5.26 Å². The van der Waals surface area contributed by atoms with E-state index in [0.29, 0.717) is 0 Å². The molecule has 0 heterocycles. The Balaban J connectivity index is 4.10. The Labute approximate surface area is 72.5 Å². The summed E-state index contributed by atoms with van der Waals surface area (Å²) in [5.41, 5.74) is -0.705. The first kappa shape index (κ1) is 11.3. The third-order valence-electron chi connectivity index (χ3n) is 0.841. The molecule has 0 rings (SSSR count). The number of halogens is 2. The number of methoxy groups -OCH3 is 1. The summed E-state index contributed by atoms with van der Waals surface area (Å²) in [6, 6.07) is 1.33. The van der Waals surface area contributed by atoms with E-state index in [-0.39, 0.29) is 0 Å². The summed E-state index contributed by atoms with van der Waals surface area (Å²) >= 11 is 0. The lowest BCUT2D eigenvalue weighted by Crippen LogP contribution is -2.14. The number of esters is 1. The molecule has 0 aliphatic carbocycles. The largest absolute Gasteiger partial charge is 0.464 e. The minimum Gasteiger partial charge on any atom is -0.464 e. The highest BCUT2D eigenvalue weighted by Crippen LogP contribution is 1.93. The van der Waals surface area contributed by atoms with Gasteiger partial charge < -0.3 is 9.57 Å². The Morgan fingerprint density at radius 1 is 1.69 bits per heavy atom. The van der Waals surface area contributed by atoms with E-state index in [1.807, 2.05) is 0 Å². The fourth-order valence-electron chi connectivity index (χ4n) is 0.358. The van der Waals surface area contributed by atoms with Crippen LogP contribution in [0.3, 0.4) is 0 Å². The normalized spacial score (nSPS) is 10.8. The van der Waals surface area contributed by atoms with Crippen molar-refractivity contribution in [3.8, 4) is 6.07 Å². The topological polar surface area (TPSA) is 71.7 Å². The van der Waals surface area contributed by atoms with Gasteiger partial charge in [0.1, 0.15) is 6.07 Å². The molecule has 0 aliphatic rings. The summed E-state index contributed by atoms with van der Waals surface area (Å²) in [5.74, 6) is -1.03. The lowest BCUT2D eigenvalue weighted by Gasteiger charge is -1.97. The minimum absolute atomic E-state index is 0.705. The number of nitrogens with zero attached hydrogens (tertiary/aromatic N) is 2. The molecule has 0 fully saturated rings. The highest BCUT2D eigenvalue weighted by atomic mass is 19.3. The van der Waals surface area contributed by atoms with Gasteiger partial charge in [0.25, 0.3) is 12.1 Å². The van der Waals surface area contributed by atoms with E-state index < -0.39 is 24.7 Å². The van der Waals surface area contributed by atoms with Crippen LogP contribution in [0, 0.1) is 11.3 Å². The minimum atomic E-state index is -2.71. The van der Waals surface area contributed by atoms with E-state index in [2.05, 4.69) is 14.7 Å². The zero-order chi connectivity index (χ0) is 10.3. The zero-order valence-corrected chi connectivity index (χ0v) is 6.66. The van der Waals surface area contributed by atoms with Gasteiger partial charge in [0.2, 0.25) is 0 Å². The van der Waals surface area contributed by atoms with Crippen LogP contribution in [0.15, 0.2) is 5.16 Å². The van der Waals surface area contributed by atoms with Crippen molar-refractivity contribution in [3.63, 3.8) is 0 Å². The Morgan fingerprint density at radius 2 is 2.31 bits per heavy atom. The highest BCUT2D eigenvalue weighted by Gasteiger charge is 2.12. The van der Waals surface area contributed by atoms with Crippen molar-refractivity contribution in [2.45, 2.75) is 6.43 Å². The van der Waals surface area contributed by atoms with Crippen LogP contribution >= 0.6 is 0 Å². The molecule has 0 aromatic rings. The Kier molecular flexibility index (Phi) is 5.11. The number of nitriles is 1. The van der Waals surface area contributed by atoms with Gasteiger partial charge in [-0.3, -0.25) is 0 Å². The maximum absolute atomic E-state index is 11.5. The van der Waals surface area contributed by atoms with Gasteiger partial charge in [-0.05, 0) is 0 Å². The van der Waals surface area contributed by atoms with Gasteiger partial charge in [0, 0.05) is 0 Å². The van der Waals surface area contributed by atoms with E-state index in [1.165, 1.54) is 6.07 Å². The highest BCUT2D eigenvalue weighted by molar-refractivity contribution is 6.42. The molecule has 0 N–H and O–H groups in total. The molecule has 13 heavy (non-hydrogen) atoms. The molecule has 7 heteroatoms. The molecule has 0 aromatic carbocycles. The zero-order valence-electron chi connectivity index (χ0n) is 6.66. The number of alkyl halides is 2. The van der Waals surface area contributed by atoms with Crippen molar-refractivity contribution in [2.24, 2.45) is 5.16 Å². The number of ether oxygens (including phenoxy) is 1. The van der Waals surface area contributed by atoms with Gasteiger partial charge in [-0.15, -0.1) is 0 Å². The molecule has 0 radical (unpaired) electrons. The van der Waals surface area contributed by atoms with E-state index in [9.17, 15) is 13.6 Å². The number of carbonyl (C=O) groups excluding carboxylic acids is 1. The van der Waals surface area contributed by atoms with Crippen molar-refractivity contribution >= 4 is 11.7 Å². The SMILES string of the molecule is COC(=O)/C(C#N)=N\OCC(F)F. The van der Waals surface area contributed by atoms with E-state index in [0.717, 1.165) is 7.11 Å². The summed E-state index contributed by atoms with van der Waals surface area (Å²) in [4.78, 5) is 14.6. The molecular weight excluding hydrogens is 186 g/mol. The Morgan fingerprint density at radius 3 is 2.69 bits per heavy atom. The number of hydrogen-bond acceptors (Lipinski definition) is 5. The monoisotopic (exact) mass is 192 g/mol. The fraction of sp³-hybridized carbons (Fsp3) is 0.500.